The Morgan fingerprint density at radius 2 is 1.96 bits per heavy atom. The summed E-state index contributed by atoms with van der Waals surface area (Å²) in [5.74, 6) is 1.36. The molecular formula is C22H24N4O2. The number of aryl methyl sites for hydroxylation is 1. The van der Waals surface area contributed by atoms with Gasteiger partial charge in [-0.15, -0.1) is 0 Å². The zero-order valence-corrected chi connectivity index (χ0v) is 16.1. The molecule has 0 amide bonds. The van der Waals surface area contributed by atoms with Crippen LogP contribution < -0.4 is 10.9 Å². The van der Waals surface area contributed by atoms with Crippen molar-refractivity contribution in [3.63, 3.8) is 0 Å². The predicted octanol–water partition coefficient (Wildman–Crippen LogP) is 3.78. The lowest BCUT2D eigenvalue weighted by Crippen LogP contribution is -2.30. The van der Waals surface area contributed by atoms with Crippen LogP contribution in [-0.4, -0.2) is 27.6 Å². The number of rotatable bonds is 4. The van der Waals surface area contributed by atoms with Gasteiger partial charge in [0.1, 0.15) is 11.6 Å². The first-order valence-electron chi connectivity index (χ1n) is 9.57. The Labute approximate surface area is 164 Å². The van der Waals surface area contributed by atoms with E-state index in [1.54, 1.807) is 13.1 Å². The van der Waals surface area contributed by atoms with Gasteiger partial charge >= 0.3 is 0 Å². The largest absolute Gasteiger partial charge is 0.373 e. The average Bonchev–Trinajstić information content (AvgIpc) is 2.73. The maximum atomic E-state index is 12.0. The second kappa shape index (κ2) is 7.94. The maximum absolute atomic E-state index is 12.0. The number of benzene rings is 1. The van der Waals surface area contributed by atoms with Gasteiger partial charge in [-0.3, -0.25) is 4.79 Å². The van der Waals surface area contributed by atoms with Gasteiger partial charge in [-0.25, -0.2) is 9.97 Å². The van der Waals surface area contributed by atoms with E-state index in [9.17, 15) is 4.79 Å². The molecule has 3 heterocycles. The lowest BCUT2D eigenvalue weighted by Gasteiger charge is -2.30. The van der Waals surface area contributed by atoms with E-state index in [0.29, 0.717) is 17.4 Å². The van der Waals surface area contributed by atoms with E-state index in [1.165, 1.54) is 5.56 Å². The minimum absolute atomic E-state index is 0.108. The van der Waals surface area contributed by atoms with Crippen molar-refractivity contribution in [2.75, 3.05) is 11.9 Å². The minimum Gasteiger partial charge on any atom is -0.373 e. The number of aromatic amines is 1. The first kappa shape index (κ1) is 18.4. The third-order valence-corrected chi connectivity index (χ3v) is 5.24. The molecule has 1 aliphatic heterocycles. The summed E-state index contributed by atoms with van der Waals surface area (Å²) >= 11 is 0. The van der Waals surface area contributed by atoms with E-state index < -0.39 is 0 Å². The number of aromatic nitrogens is 3. The van der Waals surface area contributed by atoms with Crippen molar-refractivity contribution in [2.45, 2.75) is 38.8 Å². The van der Waals surface area contributed by atoms with E-state index in [-0.39, 0.29) is 11.7 Å². The highest BCUT2D eigenvalue weighted by atomic mass is 16.5. The Morgan fingerprint density at radius 1 is 1.14 bits per heavy atom. The zero-order chi connectivity index (χ0) is 19.5. The number of ether oxygens (including phenoxy) is 1. The van der Waals surface area contributed by atoms with Gasteiger partial charge < -0.3 is 15.0 Å². The zero-order valence-electron chi connectivity index (χ0n) is 16.1. The summed E-state index contributed by atoms with van der Waals surface area (Å²) < 4.78 is 5.94. The Balaban J connectivity index is 1.45. The predicted molar refractivity (Wildman–Crippen MR) is 109 cm³/mol. The van der Waals surface area contributed by atoms with Gasteiger partial charge in [0.25, 0.3) is 5.56 Å². The van der Waals surface area contributed by atoms with Gasteiger partial charge in [0.05, 0.1) is 6.10 Å². The quantitative estimate of drug-likeness (QED) is 0.724. The van der Waals surface area contributed by atoms with Crippen molar-refractivity contribution >= 4 is 5.82 Å². The minimum atomic E-state index is -0.112. The van der Waals surface area contributed by atoms with Crippen LogP contribution in [0.4, 0.5) is 5.82 Å². The lowest BCUT2D eigenvalue weighted by molar-refractivity contribution is 0.00974. The Morgan fingerprint density at radius 3 is 2.68 bits per heavy atom. The van der Waals surface area contributed by atoms with Crippen LogP contribution in [0.5, 0.6) is 0 Å². The van der Waals surface area contributed by atoms with Crippen LogP contribution >= 0.6 is 0 Å². The first-order valence-corrected chi connectivity index (χ1v) is 9.57. The molecule has 4 rings (SSSR count). The van der Waals surface area contributed by atoms with Crippen LogP contribution in [0.3, 0.4) is 0 Å². The van der Waals surface area contributed by atoms with Crippen LogP contribution in [-0.2, 0) is 4.74 Å². The number of pyridine rings is 1. The summed E-state index contributed by atoms with van der Waals surface area (Å²) in [6.45, 7) is 4.33. The molecule has 144 valence electrons. The Hall–Kier alpha value is -2.99. The molecule has 6 heteroatoms. The molecule has 0 radical (unpaired) electrons. The number of nitrogens with zero attached hydrogens (tertiary/aromatic N) is 2. The third-order valence-electron chi connectivity index (χ3n) is 5.24. The fraction of sp³-hybridized carbons (Fsp3) is 0.318. The summed E-state index contributed by atoms with van der Waals surface area (Å²) in [4.78, 5) is 23.8. The fourth-order valence-electron chi connectivity index (χ4n) is 3.44. The van der Waals surface area contributed by atoms with Gasteiger partial charge in [-0.1, -0.05) is 30.3 Å². The van der Waals surface area contributed by atoms with Crippen molar-refractivity contribution in [2.24, 2.45) is 0 Å². The van der Waals surface area contributed by atoms with Gasteiger partial charge in [-0.05, 0) is 44.4 Å². The molecule has 2 N–H and O–H groups in total. The normalized spacial score (nSPS) is 19.4. The first-order chi connectivity index (χ1) is 13.6. The maximum Gasteiger partial charge on any atom is 0.254 e. The smallest absolute Gasteiger partial charge is 0.254 e. The van der Waals surface area contributed by atoms with Crippen molar-refractivity contribution < 1.29 is 4.74 Å². The summed E-state index contributed by atoms with van der Waals surface area (Å²) in [7, 11) is 0. The molecule has 1 saturated heterocycles. The molecule has 1 aromatic carbocycles. The monoisotopic (exact) mass is 376 g/mol. The van der Waals surface area contributed by atoms with E-state index in [4.69, 9.17) is 4.74 Å². The molecule has 0 bridgehead atoms. The van der Waals surface area contributed by atoms with Crippen molar-refractivity contribution in [1.29, 1.82) is 0 Å². The number of H-pyrrole nitrogens is 1. The highest BCUT2D eigenvalue weighted by Crippen LogP contribution is 2.29. The van der Waals surface area contributed by atoms with Gasteiger partial charge in [0.15, 0.2) is 0 Å². The van der Waals surface area contributed by atoms with Crippen molar-refractivity contribution in [3.05, 3.63) is 75.8 Å². The molecular weight excluding hydrogens is 352 g/mol. The highest BCUT2D eigenvalue weighted by molar-refractivity contribution is 5.56. The molecule has 0 aliphatic carbocycles. The molecule has 6 nitrogen and oxygen atoms in total. The molecule has 3 aromatic rings. The summed E-state index contributed by atoms with van der Waals surface area (Å²) in [5.41, 5.74) is 3.26. The number of anilines is 1. The standard InChI is InChI=1S/C22H24N4O2/c1-14-15(2)24-21(26-22(14)27)17-8-9-20(23-13-17)25-18-10-11-28-19(12-18)16-6-4-3-5-7-16/h3-9,13,18-19H,10-12H2,1-2H3,(H,23,25)(H,24,26,27). The van der Waals surface area contributed by atoms with Crippen molar-refractivity contribution in [3.8, 4) is 11.4 Å². The second-order valence-corrected chi connectivity index (χ2v) is 7.19. The topological polar surface area (TPSA) is 79.9 Å². The van der Waals surface area contributed by atoms with E-state index in [2.05, 4.69) is 32.4 Å². The molecule has 1 fully saturated rings. The van der Waals surface area contributed by atoms with Crippen molar-refractivity contribution in [1.82, 2.24) is 15.0 Å². The molecule has 2 unspecified atom stereocenters. The molecule has 0 saturated carbocycles. The number of hydrogen-bond acceptors (Lipinski definition) is 5. The van der Waals surface area contributed by atoms with Crippen LogP contribution in [0.25, 0.3) is 11.4 Å². The van der Waals surface area contributed by atoms with Gasteiger partial charge in [0, 0.05) is 35.7 Å². The SMILES string of the molecule is Cc1nc(-c2ccc(NC3CCOC(c4ccccc4)C3)nc2)[nH]c(=O)c1C. The molecule has 2 aromatic heterocycles. The van der Waals surface area contributed by atoms with Gasteiger partial charge in [-0.2, -0.15) is 0 Å². The van der Waals surface area contributed by atoms with Crippen LogP contribution in [0.2, 0.25) is 0 Å². The Bertz CT molecular complexity index is 999. The summed E-state index contributed by atoms with van der Waals surface area (Å²) in [5, 5.41) is 3.51. The Kier molecular flexibility index (Phi) is 5.21. The highest BCUT2D eigenvalue weighted by Gasteiger charge is 2.24. The second-order valence-electron chi connectivity index (χ2n) is 7.19. The van der Waals surface area contributed by atoms with E-state index in [1.807, 2.05) is 37.3 Å². The fourth-order valence-corrected chi connectivity index (χ4v) is 3.44. The number of hydrogen-bond donors (Lipinski definition) is 2. The van der Waals surface area contributed by atoms with E-state index in [0.717, 1.165) is 36.5 Å². The summed E-state index contributed by atoms with van der Waals surface area (Å²) in [6.07, 6.45) is 3.69. The molecule has 1 aliphatic rings. The molecule has 0 spiro atoms. The molecule has 2 atom stereocenters. The van der Waals surface area contributed by atoms with Crippen LogP contribution in [0.1, 0.15) is 35.8 Å². The molecule has 28 heavy (non-hydrogen) atoms. The third kappa shape index (κ3) is 3.97. The summed E-state index contributed by atoms with van der Waals surface area (Å²) in [6, 6.07) is 14.5. The number of nitrogens with one attached hydrogen (secondary N) is 2. The lowest BCUT2D eigenvalue weighted by atomic mass is 9.97. The van der Waals surface area contributed by atoms with E-state index >= 15 is 0 Å². The van der Waals surface area contributed by atoms with Crippen LogP contribution in [0.15, 0.2) is 53.5 Å². The van der Waals surface area contributed by atoms with Gasteiger partial charge in [0.2, 0.25) is 0 Å². The van der Waals surface area contributed by atoms with Crippen LogP contribution in [0, 0.1) is 13.8 Å². The average molecular weight is 376 g/mol.